The molecule has 1 amide bonds. The van der Waals surface area contributed by atoms with Gasteiger partial charge in [0.05, 0.1) is 29.7 Å². The molecule has 3 aromatic heterocycles. The summed E-state index contributed by atoms with van der Waals surface area (Å²) in [6, 6.07) is 14.3. The van der Waals surface area contributed by atoms with E-state index in [1.54, 1.807) is 24.5 Å². The maximum Gasteiger partial charge on any atom is 0.256 e. The van der Waals surface area contributed by atoms with Crippen LogP contribution in [0.15, 0.2) is 61.1 Å². The zero-order valence-corrected chi connectivity index (χ0v) is 21.8. The molecule has 11 nitrogen and oxygen atoms in total. The third kappa shape index (κ3) is 4.64. The van der Waals surface area contributed by atoms with Crippen LogP contribution in [-0.2, 0) is 13.0 Å². The molecule has 2 fully saturated rings. The summed E-state index contributed by atoms with van der Waals surface area (Å²) in [6.07, 6.45) is 7.12. The van der Waals surface area contributed by atoms with Gasteiger partial charge in [0.25, 0.3) is 5.91 Å². The van der Waals surface area contributed by atoms with Gasteiger partial charge < -0.3 is 31.3 Å². The maximum absolute atomic E-state index is 13.0. The van der Waals surface area contributed by atoms with Crippen molar-refractivity contribution in [3.05, 3.63) is 77.7 Å². The number of benzene rings is 1. The molecule has 0 saturated carbocycles. The Labute approximate surface area is 231 Å². The molecule has 3 aliphatic heterocycles. The summed E-state index contributed by atoms with van der Waals surface area (Å²) in [5, 5.41) is 9.85. The van der Waals surface area contributed by atoms with Gasteiger partial charge in [-0.25, -0.2) is 19.9 Å². The van der Waals surface area contributed by atoms with Gasteiger partial charge in [-0.15, -0.1) is 0 Å². The molecule has 2 atom stereocenters. The lowest BCUT2D eigenvalue weighted by Gasteiger charge is -2.29. The molecule has 1 aromatic carbocycles. The SMILES string of the molecule is Nc1nccc(-c2cnc(NCc3cccc(C(=O)Nc4ccc(N5C[C@H]6C[C@@H]5CN6)cn4)c3)c3c2OCC3)n1. The number of carbonyl (C=O) groups is 1. The quantitative estimate of drug-likeness (QED) is 0.279. The van der Waals surface area contributed by atoms with Crippen molar-refractivity contribution in [1.82, 2.24) is 25.3 Å². The molecule has 2 bridgehead atoms. The van der Waals surface area contributed by atoms with Crippen molar-refractivity contribution in [1.29, 1.82) is 0 Å². The van der Waals surface area contributed by atoms with Crippen LogP contribution in [0, 0.1) is 0 Å². The lowest BCUT2D eigenvalue weighted by Crippen LogP contribution is -2.43. The number of carbonyl (C=O) groups excluding carboxylic acids is 1. The second-order valence-corrected chi connectivity index (χ2v) is 10.3. The van der Waals surface area contributed by atoms with Gasteiger partial charge in [0.1, 0.15) is 17.4 Å². The molecular weight excluding hydrogens is 506 g/mol. The molecule has 11 heteroatoms. The monoisotopic (exact) mass is 535 g/mol. The van der Waals surface area contributed by atoms with Crippen molar-refractivity contribution in [2.45, 2.75) is 31.5 Å². The molecule has 5 N–H and O–H groups in total. The highest BCUT2D eigenvalue weighted by Crippen LogP contribution is 2.39. The minimum absolute atomic E-state index is 0.201. The first kappa shape index (κ1) is 24.3. The number of amides is 1. The molecule has 3 aliphatic rings. The highest BCUT2D eigenvalue weighted by atomic mass is 16.5. The number of hydrogen-bond acceptors (Lipinski definition) is 10. The highest BCUT2D eigenvalue weighted by molar-refractivity contribution is 6.03. The van der Waals surface area contributed by atoms with Gasteiger partial charge in [-0.1, -0.05) is 12.1 Å². The standard InChI is InChI=1S/C29H29N9O2/c30-29-31-8-6-24(36-29)23-15-35-27(22-7-9-40-26(22)23)34-12-17-2-1-3-18(10-17)28(39)37-25-5-4-20(13-33-25)38-16-19-11-21(38)14-32-19/h1-6,8,10,13,15,19,21,32H,7,9,11-12,14,16H2,(H,34,35)(H2,30,31,36)(H,33,37,39)/t19-,21-/m1/s1. The van der Waals surface area contributed by atoms with E-state index < -0.39 is 0 Å². The fourth-order valence-electron chi connectivity index (χ4n) is 5.75. The van der Waals surface area contributed by atoms with Crippen LogP contribution in [0.1, 0.15) is 27.9 Å². The zero-order chi connectivity index (χ0) is 27.1. The van der Waals surface area contributed by atoms with Crippen LogP contribution in [0.25, 0.3) is 11.3 Å². The van der Waals surface area contributed by atoms with Crippen molar-refractivity contribution in [3.8, 4) is 17.0 Å². The molecule has 4 aromatic rings. The molecule has 0 unspecified atom stereocenters. The fourth-order valence-corrected chi connectivity index (χ4v) is 5.75. The number of fused-ring (bicyclic) bond motifs is 3. The molecule has 2 saturated heterocycles. The summed E-state index contributed by atoms with van der Waals surface area (Å²) >= 11 is 0. The summed E-state index contributed by atoms with van der Waals surface area (Å²) < 4.78 is 5.93. The molecule has 0 aliphatic carbocycles. The van der Waals surface area contributed by atoms with Crippen LogP contribution in [0.2, 0.25) is 0 Å². The van der Waals surface area contributed by atoms with Crippen molar-refractivity contribution < 1.29 is 9.53 Å². The number of rotatable bonds is 7. The number of nitrogen functional groups attached to an aromatic ring is 1. The Bertz CT molecular complexity index is 1580. The molecule has 7 rings (SSSR count). The van der Waals surface area contributed by atoms with Gasteiger partial charge >= 0.3 is 0 Å². The number of nitrogens with two attached hydrogens (primary N) is 1. The Morgan fingerprint density at radius 3 is 2.90 bits per heavy atom. The second kappa shape index (κ2) is 10.1. The third-order valence-corrected chi connectivity index (χ3v) is 7.70. The van der Waals surface area contributed by atoms with E-state index in [-0.39, 0.29) is 11.9 Å². The van der Waals surface area contributed by atoms with Crippen molar-refractivity contribution in [3.63, 3.8) is 0 Å². The predicted molar refractivity (Wildman–Crippen MR) is 152 cm³/mol. The van der Waals surface area contributed by atoms with Crippen molar-refractivity contribution >= 4 is 29.2 Å². The third-order valence-electron chi connectivity index (χ3n) is 7.70. The van der Waals surface area contributed by atoms with Gasteiger partial charge in [-0.3, -0.25) is 4.79 Å². The lowest BCUT2D eigenvalue weighted by atomic mass is 10.1. The van der Waals surface area contributed by atoms with Gasteiger partial charge in [0.2, 0.25) is 5.95 Å². The summed E-state index contributed by atoms with van der Waals surface area (Å²) in [6.45, 7) is 3.10. The number of ether oxygens (including phenoxy) is 1. The number of nitrogens with one attached hydrogen (secondary N) is 3. The van der Waals surface area contributed by atoms with E-state index in [9.17, 15) is 4.79 Å². The first-order chi connectivity index (χ1) is 19.6. The van der Waals surface area contributed by atoms with Gasteiger partial charge in [-0.05, 0) is 42.3 Å². The minimum Gasteiger partial charge on any atom is -0.492 e. The first-order valence-corrected chi connectivity index (χ1v) is 13.4. The molecule has 202 valence electrons. The van der Waals surface area contributed by atoms with E-state index in [4.69, 9.17) is 10.5 Å². The number of aromatic nitrogens is 4. The van der Waals surface area contributed by atoms with E-state index in [1.165, 1.54) is 6.42 Å². The average Bonchev–Trinajstić information content (AvgIpc) is 3.75. The summed E-state index contributed by atoms with van der Waals surface area (Å²) in [5.74, 6) is 2.04. The smallest absolute Gasteiger partial charge is 0.256 e. The van der Waals surface area contributed by atoms with Crippen LogP contribution in [0.3, 0.4) is 0 Å². The van der Waals surface area contributed by atoms with E-state index >= 15 is 0 Å². The normalized spacial score (nSPS) is 18.9. The van der Waals surface area contributed by atoms with E-state index in [1.807, 2.05) is 36.5 Å². The summed E-state index contributed by atoms with van der Waals surface area (Å²) in [5.41, 5.74) is 10.8. The lowest BCUT2D eigenvalue weighted by molar-refractivity contribution is 0.102. The van der Waals surface area contributed by atoms with Crippen molar-refractivity contribution in [2.75, 3.05) is 41.0 Å². The largest absolute Gasteiger partial charge is 0.492 e. The molecular formula is C29H29N9O2. The maximum atomic E-state index is 13.0. The summed E-state index contributed by atoms with van der Waals surface area (Å²) in [4.78, 5) is 32.8. The zero-order valence-electron chi connectivity index (χ0n) is 21.8. The topological polar surface area (TPSA) is 143 Å². The van der Waals surface area contributed by atoms with Crippen LogP contribution in [0.5, 0.6) is 5.75 Å². The number of anilines is 4. The van der Waals surface area contributed by atoms with Crippen LogP contribution in [0.4, 0.5) is 23.3 Å². The fraction of sp³-hybridized carbons (Fsp3) is 0.276. The van der Waals surface area contributed by atoms with E-state index in [2.05, 4.69) is 40.8 Å². The number of piperazine rings is 1. The Morgan fingerprint density at radius 2 is 2.10 bits per heavy atom. The van der Waals surface area contributed by atoms with Gasteiger partial charge in [-0.2, -0.15) is 0 Å². The van der Waals surface area contributed by atoms with Crippen molar-refractivity contribution in [2.24, 2.45) is 0 Å². The highest BCUT2D eigenvalue weighted by Gasteiger charge is 2.37. The number of pyridine rings is 2. The Morgan fingerprint density at radius 1 is 1.15 bits per heavy atom. The molecule has 0 radical (unpaired) electrons. The summed E-state index contributed by atoms with van der Waals surface area (Å²) in [7, 11) is 0. The first-order valence-electron chi connectivity index (χ1n) is 13.4. The number of nitrogens with zero attached hydrogens (tertiary/aromatic N) is 5. The van der Waals surface area contributed by atoms with E-state index in [0.717, 1.165) is 53.5 Å². The predicted octanol–water partition coefficient (Wildman–Crippen LogP) is 2.87. The Kier molecular flexibility index (Phi) is 6.12. The molecule has 0 spiro atoms. The van der Waals surface area contributed by atoms with E-state index in [0.29, 0.717) is 42.3 Å². The van der Waals surface area contributed by atoms with Gasteiger partial charge in [0.15, 0.2) is 0 Å². The molecule has 40 heavy (non-hydrogen) atoms. The van der Waals surface area contributed by atoms with Crippen LogP contribution >= 0.6 is 0 Å². The Hall–Kier alpha value is -4.77. The average molecular weight is 536 g/mol. The van der Waals surface area contributed by atoms with Crippen LogP contribution < -0.4 is 31.3 Å². The minimum atomic E-state index is -0.201. The molecule has 6 heterocycles. The second-order valence-electron chi connectivity index (χ2n) is 10.3. The van der Waals surface area contributed by atoms with Crippen LogP contribution in [-0.4, -0.2) is 57.6 Å². The van der Waals surface area contributed by atoms with Gasteiger partial charge in [0, 0.05) is 61.7 Å². The Balaban J connectivity index is 1.01. The number of hydrogen-bond donors (Lipinski definition) is 4.